The number of hydrazine groups is 1. The molecule has 1 aliphatic carbocycles. The summed E-state index contributed by atoms with van der Waals surface area (Å²) in [6.45, 7) is 3.27. The SMILES string of the molecule is Cc1ccc(S(=O)(=O)Oc2ccc(C(=O)CN(C(=O)c3ccc(Cl)cc3)N3C(=O)[C@H]4C[C@H](C)CC[C@H]4C3=O)cc2)cc1. The molecule has 0 bridgehead atoms. The van der Waals surface area contributed by atoms with Crippen LogP contribution in [0, 0.1) is 24.7 Å². The Labute approximate surface area is 249 Å². The number of benzene rings is 3. The van der Waals surface area contributed by atoms with Crippen LogP contribution in [0.3, 0.4) is 0 Å². The van der Waals surface area contributed by atoms with Crippen LogP contribution in [0.4, 0.5) is 0 Å². The molecule has 218 valence electrons. The van der Waals surface area contributed by atoms with Crippen molar-refractivity contribution in [1.82, 2.24) is 10.0 Å². The molecular weight excluding hydrogens is 580 g/mol. The van der Waals surface area contributed by atoms with Gasteiger partial charge in [-0.05, 0) is 92.8 Å². The Kier molecular flexibility index (Phi) is 8.21. The summed E-state index contributed by atoms with van der Waals surface area (Å²) in [7, 11) is -4.09. The van der Waals surface area contributed by atoms with Crippen molar-refractivity contribution in [2.24, 2.45) is 17.8 Å². The number of Topliss-reactive ketones (excluding diaryl/α,β-unsaturated/α-hetero) is 1. The lowest BCUT2D eigenvalue weighted by Crippen LogP contribution is -2.52. The molecule has 1 saturated carbocycles. The average molecular weight is 609 g/mol. The van der Waals surface area contributed by atoms with Crippen molar-refractivity contribution in [1.29, 1.82) is 0 Å². The maximum Gasteiger partial charge on any atom is 0.339 e. The summed E-state index contributed by atoms with van der Waals surface area (Å²) in [6, 6.07) is 17.5. The smallest absolute Gasteiger partial charge is 0.339 e. The fourth-order valence-corrected chi connectivity index (χ4v) is 6.44. The number of imide groups is 1. The number of hydrogen-bond acceptors (Lipinski definition) is 7. The molecule has 0 radical (unpaired) electrons. The molecule has 0 spiro atoms. The number of nitrogens with zero attached hydrogens (tertiary/aromatic N) is 2. The zero-order valence-corrected chi connectivity index (χ0v) is 24.6. The highest BCUT2D eigenvalue weighted by atomic mass is 35.5. The largest absolute Gasteiger partial charge is 0.379 e. The van der Waals surface area contributed by atoms with Crippen molar-refractivity contribution < 1.29 is 31.8 Å². The van der Waals surface area contributed by atoms with E-state index >= 15 is 0 Å². The number of aryl methyl sites for hydroxylation is 1. The molecule has 3 amide bonds. The van der Waals surface area contributed by atoms with Gasteiger partial charge in [0, 0.05) is 16.1 Å². The number of carbonyl (C=O) groups is 4. The van der Waals surface area contributed by atoms with E-state index in [2.05, 4.69) is 0 Å². The number of halogens is 1. The van der Waals surface area contributed by atoms with Crippen LogP contribution in [0.1, 0.15) is 52.5 Å². The minimum Gasteiger partial charge on any atom is -0.379 e. The van der Waals surface area contributed by atoms with Crippen molar-refractivity contribution in [3.8, 4) is 5.75 Å². The van der Waals surface area contributed by atoms with Gasteiger partial charge in [-0.25, -0.2) is 5.01 Å². The molecule has 11 heteroatoms. The van der Waals surface area contributed by atoms with Crippen molar-refractivity contribution in [2.45, 2.75) is 38.0 Å². The number of rotatable bonds is 8. The highest BCUT2D eigenvalue weighted by Gasteiger charge is 2.52. The van der Waals surface area contributed by atoms with Crippen LogP contribution in [0.15, 0.2) is 77.7 Å². The monoisotopic (exact) mass is 608 g/mol. The van der Waals surface area contributed by atoms with Gasteiger partial charge in [0.25, 0.3) is 17.7 Å². The summed E-state index contributed by atoms with van der Waals surface area (Å²) in [4.78, 5) is 53.9. The minimum absolute atomic E-state index is 0.00989. The van der Waals surface area contributed by atoms with Crippen LogP contribution < -0.4 is 4.18 Å². The standard InChI is InChI=1S/C31H29ClN2O7S/c1-19-3-14-25(15-4-19)42(39,40)41-24-12-8-21(9-13-24)28(35)18-33(29(36)22-6-10-23(32)11-7-22)34-30(37)26-16-5-20(2)17-27(26)31(34)38/h3-4,6-15,20,26-27H,5,16-18H2,1-2H3/t20-,26-,27+/m1/s1. The predicted molar refractivity (Wildman–Crippen MR) is 154 cm³/mol. The number of hydrogen-bond donors (Lipinski definition) is 0. The summed E-state index contributed by atoms with van der Waals surface area (Å²) in [5.41, 5.74) is 1.18. The van der Waals surface area contributed by atoms with Gasteiger partial charge in [-0.15, -0.1) is 0 Å². The first-order valence-electron chi connectivity index (χ1n) is 13.5. The molecule has 0 N–H and O–H groups in total. The minimum atomic E-state index is -4.09. The summed E-state index contributed by atoms with van der Waals surface area (Å²) >= 11 is 5.98. The van der Waals surface area contributed by atoms with Gasteiger partial charge in [0.1, 0.15) is 17.2 Å². The third-order valence-corrected chi connectivity index (χ3v) is 9.23. The van der Waals surface area contributed by atoms with Crippen molar-refractivity contribution in [2.75, 3.05) is 6.54 Å². The molecular formula is C31H29ClN2O7S. The Bertz CT molecular complexity index is 1640. The van der Waals surface area contributed by atoms with Crippen LogP contribution in [-0.2, 0) is 19.7 Å². The van der Waals surface area contributed by atoms with Crippen molar-refractivity contribution >= 4 is 45.2 Å². The number of carbonyl (C=O) groups excluding carboxylic acids is 4. The molecule has 1 saturated heterocycles. The highest BCUT2D eigenvalue weighted by molar-refractivity contribution is 7.87. The molecule has 0 aromatic heterocycles. The van der Waals surface area contributed by atoms with Crippen molar-refractivity contribution in [3.63, 3.8) is 0 Å². The van der Waals surface area contributed by atoms with E-state index in [9.17, 15) is 27.6 Å². The molecule has 2 fully saturated rings. The van der Waals surface area contributed by atoms with E-state index in [-0.39, 0.29) is 27.7 Å². The second-order valence-electron chi connectivity index (χ2n) is 10.8. The normalized spacial score (nSPS) is 20.3. The Morgan fingerprint density at radius 2 is 1.48 bits per heavy atom. The van der Waals surface area contributed by atoms with E-state index in [0.717, 1.165) is 22.0 Å². The van der Waals surface area contributed by atoms with E-state index in [1.165, 1.54) is 60.7 Å². The predicted octanol–water partition coefficient (Wildman–Crippen LogP) is 5.08. The van der Waals surface area contributed by atoms with Gasteiger partial charge >= 0.3 is 10.1 Å². The Morgan fingerprint density at radius 3 is 2.12 bits per heavy atom. The zero-order valence-electron chi connectivity index (χ0n) is 23.0. The molecule has 3 aromatic carbocycles. The summed E-state index contributed by atoms with van der Waals surface area (Å²) in [6.07, 6.45) is 1.87. The van der Waals surface area contributed by atoms with Gasteiger partial charge < -0.3 is 4.18 Å². The first-order chi connectivity index (χ1) is 19.9. The lowest BCUT2D eigenvalue weighted by molar-refractivity contribution is -0.154. The van der Waals surface area contributed by atoms with Crippen LogP contribution >= 0.6 is 11.6 Å². The maximum atomic E-state index is 13.6. The van der Waals surface area contributed by atoms with Gasteiger partial charge in [-0.1, -0.05) is 36.2 Å². The van der Waals surface area contributed by atoms with Crippen molar-refractivity contribution in [3.05, 3.63) is 94.5 Å². The van der Waals surface area contributed by atoms with E-state index in [4.69, 9.17) is 15.8 Å². The Balaban J connectivity index is 1.38. The number of fused-ring (bicyclic) bond motifs is 1. The van der Waals surface area contributed by atoms with Crippen LogP contribution in [-0.4, -0.2) is 48.5 Å². The molecule has 5 rings (SSSR count). The lowest BCUT2D eigenvalue weighted by atomic mass is 9.76. The van der Waals surface area contributed by atoms with Gasteiger partial charge in [0.15, 0.2) is 5.78 Å². The topological polar surface area (TPSA) is 118 Å². The third-order valence-electron chi connectivity index (χ3n) is 7.72. The van der Waals surface area contributed by atoms with Gasteiger partial charge in [-0.3, -0.25) is 19.2 Å². The second-order valence-corrected chi connectivity index (χ2v) is 12.8. The molecule has 42 heavy (non-hydrogen) atoms. The summed E-state index contributed by atoms with van der Waals surface area (Å²) < 4.78 is 30.5. The highest BCUT2D eigenvalue weighted by Crippen LogP contribution is 2.41. The van der Waals surface area contributed by atoms with Gasteiger partial charge in [-0.2, -0.15) is 13.4 Å². The van der Waals surface area contributed by atoms with E-state index in [1.54, 1.807) is 12.1 Å². The zero-order chi connectivity index (χ0) is 30.2. The Hall–Kier alpha value is -4.02. The second kappa shape index (κ2) is 11.7. The lowest BCUT2D eigenvalue weighted by Gasteiger charge is -2.30. The summed E-state index contributed by atoms with van der Waals surface area (Å²) in [5.74, 6) is -3.05. The Morgan fingerprint density at radius 1 is 0.881 bits per heavy atom. The molecule has 1 heterocycles. The van der Waals surface area contributed by atoms with E-state index in [1.807, 2.05) is 13.8 Å². The number of ketones is 1. The molecule has 1 aliphatic heterocycles. The van der Waals surface area contributed by atoms with Gasteiger partial charge in [0.05, 0.1) is 11.8 Å². The van der Waals surface area contributed by atoms with Crippen LogP contribution in [0.25, 0.3) is 0 Å². The van der Waals surface area contributed by atoms with Crippen LogP contribution in [0.2, 0.25) is 5.02 Å². The van der Waals surface area contributed by atoms with E-state index < -0.39 is 52.0 Å². The molecule has 9 nitrogen and oxygen atoms in total. The summed E-state index contributed by atoms with van der Waals surface area (Å²) in [5, 5.41) is 2.15. The number of amides is 3. The first-order valence-corrected chi connectivity index (χ1v) is 15.3. The van der Waals surface area contributed by atoms with Gasteiger partial charge in [0.2, 0.25) is 0 Å². The van der Waals surface area contributed by atoms with Crippen LogP contribution in [0.5, 0.6) is 5.75 Å². The maximum absolute atomic E-state index is 13.6. The third kappa shape index (κ3) is 5.96. The quantitative estimate of drug-likeness (QED) is 0.199. The average Bonchev–Trinajstić information content (AvgIpc) is 3.20. The fourth-order valence-electron chi connectivity index (χ4n) is 5.39. The molecule has 0 unspecified atom stereocenters. The molecule has 2 aliphatic rings. The first kappa shape index (κ1) is 29.5. The molecule has 3 aromatic rings. The molecule has 3 atom stereocenters. The van der Waals surface area contributed by atoms with E-state index in [0.29, 0.717) is 17.9 Å². The fraction of sp³-hybridized carbons (Fsp3) is 0.290.